The molecule has 17 heavy (non-hydrogen) atoms. The average molecular weight is 351 g/mol. The molecule has 0 spiro atoms. The van der Waals surface area contributed by atoms with Gasteiger partial charge < -0.3 is 14.7 Å². The lowest BCUT2D eigenvalue weighted by atomic mass is 10.4. The van der Waals surface area contributed by atoms with Crippen LogP contribution in [0.3, 0.4) is 0 Å². The van der Waals surface area contributed by atoms with Gasteiger partial charge in [-0.05, 0) is 0 Å². The van der Waals surface area contributed by atoms with Gasteiger partial charge in [0.25, 0.3) is 0 Å². The predicted molar refractivity (Wildman–Crippen MR) is 75.7 cm³/mol. The highest BCUT2D eigenvalue weighted by molar-refractivity contribution is 14.0. The Morgan fingerprint density at radius 1 is 1.47 bits per heavy atom. The smallest absolute Gasteiger partial charge is 0.226 e. The van der Waals surface area contributed by atoms with Crippen LogP contribution in [0, 0.1) is 0 Å². The van der Waals surface area contributed by atoms with Crippen molar-refractivity contribution in [3.8, 4) is 0 Å². The molecule has 1 aromatic heterocycles. The molecule has 0 amide bonds. The molecule has 0 saturated carbocycles. The zero-order chi connectivity index (χ0) is 11.4. The van der Waals surface area contributed by atoms with Gasteiger partial charge in [0.05, 0.1) is 6.54 Å². The summed E-state index contributed by atoms with van der Waals surface area (Å²) in [6, 6.07) is 0. The number of halogens is 1. The van der Waals surface area contributed by atoms with Crippen molar-refractivity contribution in [2.24, 2.45) is 4.99 Å². The largest absolute Gasteiger partial charge is 0.356 e. The minimum Gasteiger partial charge on any atom is -0.356 e. The molecular weight excluding hydrogens is 333 g/mol. The van der Waals surface area contributed by atoms with E-state index in [1.54, 1.807) is 0 Å². The summed E-state index contributed by atoms with van der Waals surface area (Å²) >= 11 is 0. The molecule has 1 N–H and O–H groups in total. The number of nitrogens with one attached hydrogen (secondary N) is 1. The van der Waals surface area contributed by atoms with Crippen LogP contribution in [-0.2, 0) is 12.8 Å². The molecule has 0 fully saturated rings. The molecule has 1 aliphatic rings. The Labute approximate surface area is 118 Å². The van der Waals surface area contributed by atoms with E-state index in [0.717, 1.165) is 44.3 Å². The van der Waals surface area contributed by atoms with Gasteiger partial charge in [-0.1, -0.05) is 12.1 Å². The van der Waals surface area contributed by atoms with Gasteiger partial charge in [-0.15, -0.1) is 24.0 Å². The van der Waals surface area contributed by atoms with Crippen LogP contribution in [0.1, 0.15) is 18.6 Å². The number of likely N-dealkylation sites (N-methyl/N-ethyl adjacent to an activating group) is 1. The summed E-state index contributed by atoms with van der Waals surface area (Å²) in [5.74, 6) is 2.41. The lowest BCUT2D eigenvalue weighted by Crippen LogP contribution is -2.36. The van der Waals surface area contributed by atoms with E-state index in [9.17, 15) is 0 Å². The Bertz CT molecular complexity index is 379. The van der Waals surface area contributed by atoms with Crippen LogP contribution < -0.4 is 5.32 Å². The van der Waals surface area contributed by atoms with Gasteiger partial charge in [0.15, 0.2) is 11.8 Å². The molecule has 0 radical (unpaired) electrons. The van der Waals surface area contributed by atoms with Gasteiger partial charge in [0.1, 0.15) is 0 Å². The SMILES string of the molecule is CCc1nc(CCNC2=NCCN2C)no1.I. The van der Waals surface area contributed by atoms with Crippen LogP contribution in [0.25, 0.3) is 0 Å². The van der Waals surface area contributed by atoms with E-state index in [1.807, 2.05) is 14.0 Å². The molecule has 1 aliphatic heterocycles. The number of hydrogen-bond acceptors (Lipinski definition) is 6. The van der Waals surface area contributed by atoms with Crippen LogP contribution in [-0.4, -0.2) is 47.7 Å². The first-order valence-electron chi connectivity index (χ1n) is 5.60. The second-order valence-corrected chi connectivity index (χ2v) is 3.76. The maximum absolute atomic E-state index is 5.03. The number of guanidine groups is 1. The quantitative estimate of drug-likeness (QED) is 0.809. The van der Waals surface area contributed by atoms with Gasteiger partial charge in [-0.3, -0.25) is 4.99 Å². The van der Waals surface area contributed by atoms with Crippen LogP contribution in [0.4, 0.5) is 0 Å². The van der Waals surface area contributed by atoms with Crippen molar-refractivity contribution in [2.75, 3.05) is 26.7 Å². The summed E-state index contributed by atoms with van der Waals surface area (Å²) in [5, 5.41) is 7.15. The highest BCUT2D eigenvalue weighted by atomic mass is 127. The fourth-order valence-corrected chi connectivity index (χ4v) is 1.54. The summed E-state index contributed by atoms with van der Waals surface area (Å²) in [6.07, 6.45) is 1.55. The fraction of sp³-hybridized carbons (Fsp3) is 0.700. The van der Waals surface area contributed by atoms with Crippen LogP contribution in [0.15, 0.2) is 9.52 Å². The van der Waals surface area contributed by atoms with E-state index in [-0.39, 0.29) is 24.0 Å². The molecule has 2 rings (SSSR count). The van der Waals surface area contributed by atoms with Crippen molar-refractivity contribution in [1.29, 1.82) is 0 Å². The molecule has 0 unspecified atom stereocenters. The molecular formula is C10H18IN5O. The van der Waals surface area contributed by atoms with Crippen molar-refractivity contribution >= 4 is 29.9 Å². The highest BCUT2D eigenvalue weighted by Crippen LogP contribution is 1.99. The normalized spacial score (nSPS) is 14.5. The van der Waals surface area contributed by atoms with Crippen LogP contribution in [0.2, 0.25) is 0 Å². The van der Waals surface area contributed by atoms with Gasteiger partial charge in [0.2, 0.25) is 5.89 Å². The highest BCUT2D eigenvalue weighted by Gasteiger charge is 2.11. The summed E-state index contributed by atoms with van der Waals surface area (Å²) < 4.78 is 5.03. The zero-order valence-corrected chi connectivity index (χ0v) is 12.5. The third-order valence-electron chi connectivity index (χ3n) is 2.50. The molecule has 0 bridgehead atoms. The van der Waals surface area contributed by atoms with Gasteiger partial charge in [-0.25, -0.2) is 0 Å². The first-order chi connectivity index (χ1) is 7.79. The molecule has 2 heterocycles. The molecule has 0 aliphatic carbocycles. The Balaban J connectivity index is 0.00000144. The Kier molecular flexibility index (Phi) is 5.66. The number of aromatic nitrogens is 2. The van der Waals surface area contributed by atoms with Crippen LogP contribution in [0.5, 0.6) is 0 Å². The molecule has 0 saturated heterocycles. The van der Waals surface area contributed by atoms with E-state index >= 15 is 0 Å². The second-order valence-electron chi connectivity index (χ2n) is 3.76. The van der Waals surface area contributed by atoms with Crippen molar-refractivity contribution in [3.05, 3.63) is 11.7 Å². The minimum atomic E-state index is 0. The predicted octanol–water partition coefficient (Wildman–Crippen LogP) is 0.683. The number of nitrogens with zero attached hydrogens (tertiary/aromatic N) is 4. The lowest BCUT2D eigenvalue weighted by molar-refractivity contribution is 0.376. The molecule has 0 atom stereocenters. The minimum absolute atomic E-state index is 0. The molecule has 96 valence electrons. The number of rotatable bonds is 4. The third-order valence-corrected chi connectivity index (χ3v) is 2.50. The summed E-state index contributed by atoms with van der Waals surface area (Å²) in [6.45, 7) is 4.65. The average Bonchev–Trinajstić information content (AvgIpc) is 2.89. The van der Waals surface area contributed by atoms with E-state index in [1.165, 1.54) is 0 Å². The van der Waals surface area contributed by atoms with Gasteiger partial charge in [-0.2, -0.15) is 4.98 Å². The Morgan fingerprint density at radius 3 is 2.88 bits per heavy atom. The van der Waals surface area contributed by atoms with Crippen molar-refractivity contribution in [1.82, 2.24) is 20.4 Å². The fourth-order valence-electron chi connectivity index (χ4n) is 1.54. The molecule has 7 heteroatoms. The van der Waals surface area contributed by atoms with Crippen molar-refractivity contribution < 1.29 is 4.52 Å². The van der Waals surface area contributed by atoms with Crippen molar-refractivity contribution in [2.45, 2.75) is 19.8 Å². The first-order valence-corrected chi connectivity index (χ1v) is 5.60. The lowest BCUT2D eigenvalue weighted by Gasteiger charge is -2.14. The van der Waals surface area contributed by atoms with Gasteiger partial charge in [0, 0.05) is 33.0 Å². The van der Waals surface area contributed by atoms with Crippen molar-refractivity contribution in [3.63, 3.8) is 0 Å². The number of aliphatic imine (C=N–C) groups is 1. The molecule has 6 nitrogen and oxygen atoms in total. The standard InChI is InChI=1S/C10H17N5O.HI/c1-3-9-13-8(14-16-9)4-5-11-10-12-6-7-15(10)2;/h3-7H2,1-2H3,(H,11,12);1H. The Hall–Kier alpha value is -0.860. The summed E-state index contributed by atoms with van der Waals surface area (Å²) in [7, 11) is 2.03. The zero-order valence-electron chi connectivity index (χ0n) is 10.1. The summed E-state index contributed by atoms with van der Waals surface area (Å²) in [5.41, 5.74) is 0. The maximum atomic E-state index is 5.03. The van der Waals surface area contributed by atoms with E-state index in [2.05, 4.69) is 25.3 Å². The number of hydrogen-bond donors (Lipinski definition) is 1. The van der Waals surface area contributed by atoms with E-state index < -0.39 is 0 Å². The maximum Gasteiger partial charge on any atom is 0.226 e. The summed E-state index contributed by atoms with van der Waals surface area (Å²) in [4.78, 5) is 10.7. The monoisotopic (exact) mass is 351 g/mol. The topological polar surface area (TPSA) is 66.6 Å². The van der Waals surface area contributed by atoms with E-state index in [0.29, 0.717) is 5.89 Å². The second kappa shape index (κ2) is 6.77. The van der Waals surface area contributed by atoms with Crippen LogP contribution >= 0.6 is 24.0 Å². The molecule has 0 aromatic carbocycles. The van der Waals surface area contributed by atoms with Gasteiger partial charge >= 0.3 is 0 Å². The van der Waals surface area contributed by atoms with E-state index in [4.69, 9.17) is 4.52 Å². The third kappa shape index (κ3) is 3.83. The Morgan fingerprint density at radius 2 is 2.29 bits per heavy atom. The molecule has 1 aromatic rings. The first kappa shape index (κ1) is 14.2. The number of aryl methyl sites for hydroxylation is 1.